The smallest absolute Gasteiger partial charge is 0.0440 e. The van der Waals surface area contributed by atoms with Crippen molar-refractivity contribution in [3.63, 3.8) is 0 Å². The van der Waals surface area contributed by atoms with E-state index in [-0.39, 0.29) is 0 Å². The maximum Gasteiger partial charge on any atom is 0.0440 e. The van der Waals surface area contributed by atoms with E-state index >= 15 is 0 Å². The summed E-state index contributed by atoms with van der Waals surface area (Å²) in [6.45, 7) is 1.75. The second kappa shape index (κ2) is 4.88. The fourth-order valence-corrected chi connectivity index (χ4v) is 4.00. The van der Waals surface area contributed by atoms with E-state index < -0.39 is 0 Å². The first kappa shape index (κ1) is 12.0. The number of nitrogens with two attached hydrogens (primary N) is 1. The zero-order chi connectivity index (χ0) is 12.5. The van der Waals surface area contributed by atoms with Crippen molar-refractivity contribution in [3.05, 3.63) is 24.0 Å². The molecule has 1 aromatic heterocycles. The Hall–Kier alpha value is -1.09. The molecule has 2 bridgehead atoms. The summed E-state index contributed by atoms with van der Waals surface area (Å²) in [4.78, 5) is 6.55. The molecule has 98 valence electrons. The molecule has 0 aromatic carbocycles. The summed E-state index contributed by atoms with van der Waals surface area (Å²) in [5.74, 6) is 2.91. The summed E-state index contributed by atoms with van der Waals surface area (Å²) in [7, 11) is 2.19. The lowest BCUT2D eigenvalue weighted by molar-refractivity contribution is 0.337. The molecule has 2 aliphatic rings. The minimum atomic E-state index is 0.574. The number of aromatic nitrogens is 1. The van der Waals surface area contributed by atoms with Gasteiger partial charge in [-0.3, -0.25) is 4.98 Å². The number of nitrogens with zero attached hydrogens (tertiary/aromatic N) is 2. The lowest BCUT2D eigenvalue weighted by Crippen LogP contribution is -2.29. The highest BCUT2D eigenvalue weighted by Crippen LogP contribution is 2.48. The third kappa shape index (κ3) is 2.12. The van der Waals surface area contributed by atoms with Crippen LogP contribution in [0.1, 0.15) is 31.2 Å². The molecule has 18 heavy (non-hydrogen) atoms. The summed E-state index contributed by atoms with van der Waals surface area (Å²) in [5.41, 5.74) is 8.21. The van der Waals surface area contributed by atoms with Gasteiger partial charge in [0.15, 0.2) is 0 Å². The lowest BCUT2D eigenvalue weighted by atomic mass is 9.88. The monoisotopic (exact) mass is 245 g/mol. The zero-order valence-corrected chi connectivity index (χ0v) is 11.2. The van der Waals surface area contributed by atoms with Gasteiger partial charge in [0.05, 0.1) is 0 Å². The molecular weight excluding hydrogens is 222 g/mol. The van der Waals surface area contributed by atoms with Gasteiger partial charge in [0.25, 0.3) is 0 Å². The highest BCUT2D eigenvalue weighted by atomic mass is 15.1. The molecule has 2 fully saturated rings. The number of hydrogen-bond donors (Lipinski definition) is 1. The van der Waals surface area contributed by atoms with Crippen molar-refractivity contribution in [3.8, 4) is 0 Å². The molecule has 1 heterocycles. The Morgan fingerprint density at radius 2 is 2.28 bits per heavy atom. The van der Waals surface area contributed by atoms with E-state index in [0.29, 0.717) is 6.54 Å². The van der Waals surface area contributed by atoms with Gasteiger partial charge in [-0.15, -0.1) is 0 Å². The van der Waals surface area contributed by atoms with E-state index in [1.165, 1.54) is 37.9 Å². The molecule has 1 aromatic rings. The van der Waals surface area contributed by atoms with Crippen molar-refractivity contribution in [2.24, 2.45) is 23.5 Å². The van der Waals surface area contributed by atoms with Crippen molar-refractivity contribution in [2.45, 2.75) is 32.2 Å². The van der Waals surface area contributed by atoms with Gasteiger partial charge in [-0.2, -0.15) is 0 Å². The molecule has 3 heteroatoms. The highest BCUT2D eigenvalue weighted by Gasteiger charge is 2.39. The fraction of sp³-hybridized carbons (Fsp3) is 0.667. The van der Waals surface area contributed by atoms with Crippen LogP contribution in [0.4, 0.5) is 5.69 Å². The van der Waals surface area contributed by atoms with E-state index in [1.807, 2.05) is 12.4 Å². The van der Waals surface area contributed by atoms with Gasteiger partial charge in [0.2, 0.25) is 0 Å². The van der Waals surface area contributed by atoms with Gasteiger partial charge in [-0.1, -0.05) is 6.42 Å². The average Bonchev–Trinajstić information content (AvgIpc) is 3.01. The quantitative estimate of drug-likeness (QED) is 0.885. The average molecular weight is 245 g/mol. The second-order valence-electron chi connectivity index (χ2n) is 6.02. The van der Waals surface area contributed by atoms with Crippen LogP contribution < -0.4 is 10.6 Å². The Bertz CT molecular complexity index is 418. The summed E-state index contributed by atoms with van der Waals surface area (Å²) < 4.78 is 0. The van der Waals surface area contributed by atoms with Crippen LogP contribution in [0.25, 0.3) is 0 Å². The van der Waals surface area contributed by atoms with Crippen LogP contribution in [0.15, 0.2) is 18.5 Å². The molecule has 0 spiro atoms. The maximum absolute atomic E-state index is 5.79. The first-order valence-electron chi connectivity index (χ1n) is 7.12. The second-order valence-corrected chi connectivity index (χ2v) is 6.02. The normalized spacial score (nSPS) is 29.8. The van der Waals surface area contributed by atoms with Crippen LogP contribution in [0.3, 0.4) is 0 Å². The van der Waals surface area contributed by atoms with Gasteiger partial charge in [-0.05, 0) is 43.1 Å². The standard InChI is InChI=1S/C15H23N3/c1-18(15-4-5-17-9-14(15)8-16)10-13-7-11-2-3-12(13)6-11/h4-5,9,11-13H,2-3,6-8,10,16H2,1H3. The SMILES string of the molecule is CN(CC1CC2CCC1C2)c1ccncc1CN. The van der Waals surface area contributed by atoms with Crippen LogP contribution in [0, 0.1) is 17.8 Å². The van der Waals surface area contributed by atoms with Crippen LogP contribution in [-0.2, 0) is 6.54 Å². The van der Waals surface area contributed by atoms with Gasteiger partial charge in [0.1, 0.15) is 0 Å². The number of hydrogen-bond acceptors (Lipinski definition) is 3. The Labute approximate surface area is 109 Å². The number of fused-ring (bicyclic) bond motifs is 2. The molecule has 2 N–H and O–H groups in total. The summed E-state index contributed by atoms with van der Waals surface area (Å²) in [6.07, 6.45) is 9.63. The van der Waals surface area contributed by atoms with Crippen molar-refractivity contribution < 1.29 is 0 Å². The molecule has 2 saturated carbocycles. The van der Waals surface area contributed by atoms with E-state index in [9.17, 15) is 0 Å². The molecule has 0 amide bonds. The lowest BCUT2D eigenvalue weighted by Gasteiger charge is -2.29. The molecule has 0 radical (unpaired) electrons. The molecule has 0 saturated heterocycles. The van der Waals surface area contributed by atoms with Crippen molar-refractivity contribution in [1.82, 2.24) is 4.98 Å². The van der Waals surface area contributed by atoms with Crippen molar-refractivity contribution in [1.29, 1.82) is 0 Å². The molecule has 3 atom stereocenters. The minimum Gasteiger partial charge on any atom is -0.374 e. The first-order chi connectivity index (χ1) is 8.78. The predicted molar refractivity (Wildman–Crippen MR) is 74.3 cm³/mol. The number of rotatable bonds is 4. The highest BCUT2D eigenvalue weighted by molar-refractivity contribution is 5.51. The topological polar surface area (TPSA) is 42.2 Å². The molecule has 2 aliphatic carbocycles. The largest absolute Gasteiger partial charge is 0.374 e. The number of anilines is 1. The van der Waals surface area contributed by atoms with Crippen LogP contribution in [0.2, 0.25) is 0 Å². The van der Waals surface area contributed by atoms with E-state index in [1.54, 1.807) is 0 Å². The van der Waals surface area contributed by atoms with E-state index in [0.717, 1.165) is 23.3 Å². The van der Waals surface area contributed by atoms with Gasteiger partial charge in [-0.25, -0.2) is 0 Å². The maximum atomic E-state index is 5.79. The van der Waals surface area contributed by atoms with Gasteiger partial charge in [0, 0.05) is 43.8 Å². The van der Waals surface area contributed by atoms with E-state index in [2.05, 4.69) is 23.0 Å². The van der Waals surface area contributed by atoms with E-state index in [4.69, 9.17) is 5.73 Å². The molecule has 3 rings (SSSR count). The van der Waals surface area contributed by atoms with Crippen LogP contribution >= 0.6 is 0 Å². The summed E-state index contributed by atoms with van der Waals surface area (Å²) >= 11 is 0. The Kier molecular flexibility index (Phi) is 3.25. The van der Waals surface area contributed by atoms with Gasteiger partial charge >= 0.3 is 0 Å². The Morgan fingerprint density at radius 1 is 1.39 bits per heavy atom. The van der Waals surface area contributed by atoms with Crippen molar-refractivity contribution >= 4 is 5.69 Å². The third-order valence-electron chi connectivity index (χ3n) is 4.90. The number of pyridine rings is 1. The van der Waals surface area contributed by atoms with Crippen molar-refractivity contribution in [2.75, 3.05) is 18.5 Å². The summed E-state index contributed by atoms with van der Waals surface area (Å²) in [6, 6.07) is 2.09. The molecule has 3 unspecified atom stereocenters. The zero-order valence-electron chi connectivity index (χ0n) is 11.2. The Morgan fingerprint density at radius 3 is 2.94 bits per heavy atom. The van der Waals surface area contributed by atoms with Gasteiger partial charge < -0.3 is 10.6 Å². The first-order valence-corrected chi connectivity index (χ1v) is 7.12. The molecule has 3 nitrogen and oxygen atoms in total. The Balaban J connectivity index is 1.69. The third-order valence-corrected chi connectivity index (χ3v) is 4.90. The fourth-order valence-electron chi connectivity index (χ4n) is 4.00. The minimum absolute atomic E-state index is 0.574. The predicted octanol–water partition coefficient (Wildman–Crippen LogP) is 2.41. The van der Waals surface area contributed by atoms with Crippen LogP contribution in [0.5, 0.6) is 0 Å². The van der Waals surface area contributed by atoms with Crippen LogP contribution in [-0.4, -0.2) is 18.6 Å². The molecule has 0 aliphatic heterocycles. The summed E-state index contributed by atoms with van der Waals surface area (Å²) in [5, 5.41) is 0. The molecular formula is C15H23N3.